The first-order valence-electron chi connectivity index (χ1n) is 5.99. The molecule has 1 aromatic heterocycles. The number of aromatic hydroxyl groups is 2. The Bertz CT molecular complexity index is 938. The van der Waals surface area contributed by atoms with Crippen molar-refractivity contribution in [3.63, 3.8) is 0 Å². The van der Waals surface area contributed by atoms with Crippen molar-refractivity contribution in [2.24, 2.45) is 0 Å². The Morgan fingerprint density at radius 3 is 2.32 bits per heavy atom. The molecule has 0 saturated carbocycles. The van der Waals surface area contributed by atoms with Crippen molar-refractivity contribution < 1.29 is 10.2 Å². The number of hydrogen-bond acceptors (Lipinski definition) is 3. The van der Waals surface area contributed by atoms with E-state index in [1.54, 1.807) is 35.6 Å². The van der Waals surface area contributed by atoms with Crippen LogP contribution in [-0.4, -0.2) is 10.2 Å². The first-order valence-corrected chi connectivity index (χ1v) is 6.81. The molecule has 92 valence electrons. The summed E-state index contributed by atoms with van der Waals surface area (Å²) in [6.07, 6.45) is 0. The normalized spacial score (nSPS) is 11.6. The molecular weight excluding hydrogens is 256 g/mol. The minimum atomic E-state index is 0.276. The van der Waals surface area contributed by atoms with Crippen LogP contribution in [0, 0.1) is 0 Å². The van der Waals surface area contributed by atoms with Gasteiger partial charge in [0, 0.05) is 20.2 Å². The first kappa shape index (κ1) is 10.6. The van der Waals surface area contributed by atoms with Crippen LogP contribution in [0.3, 0.4) is 0 Å². The fraction of sp³-hybridized carbons (Fsp3) is 0. The van der Waals surface area contributed by atoms with Gasteiger partial charge < -0.3 is 10.2 Å². The molecule has 0 amide bonds. The van der Waals surface area contributed by atoms with Gasteiger partial charge in [0.1, 0.15) is 11.5 Å². The fourth-order valence-corrected chi connectivity index (χ4v) is 3.73. The van der Waals surface area contributed by atoms with Crippen molar-refractivity contribution in [1.82, 2.24) is 0 Å². The average Bonchev–Trinajstić information content (AvgIpc) is 2.76. The molecule has 0 fully saturated rings. The highest BCUT2D eigenvalue weighted by atomic mass is 32.1. The summed E-state index contributed by atoms with van der Waals surface area (Å²) in [4.78, 5) is 0. The summed E-state index contributed by atoms with van der Waals surface area (Å²) < 4.78 is 2.23. The van der Waals surface area contributed by atoms with Crippen LogP contribution in [0.5, 0.6) is 11.5 Å². The molecule has 0 aliphatic carbocycles. The van der Waals surface area contributed by atoms with Crippen LogP contribution in [0.25, 0.3) is 30.9 Å². The number of rotatable bonds is 0. The summed E-state index contributed by atoms with van der Waals surface area (Å²) in [7, 11) is 0. The van der Waals surface area contributed by atoms with E-state index in [9.17, 15) is 10.2 Å². The molecule has 4 rings (SSSR count). The van der Waals surface area contributed by atoms with Crippen molar-refractivity contribution in [1.29, 1.82) is 0 Å². The number of thiophene rings is 1. The number of benzene rings is 3. The molecule has 3 aromatic carbocycles. The Labute approximate surface area is 113 Å². The molecule has 4 aromatic rings. The van der Waals surface area contributed by atoms with Crippen molar-refractivity contribution in [3.8, 4) is 11.5 Å². The minimum Gasteiger partial charge on any atom is -0.508 e. The lowest BCUT2D eigenvalue weighted by Gasteiger charge is -2.01. The van der Waals surface area contributed by atoms with E-state index in [0.29, 0.717) is 0 Å². The van der Waals surface area contributed by atoms with Crippen LogP contribution in [0.4, 0.5) is 0 Å². The zero-order valence-electron chi connectivity index (χ0n) is 9.92. The lowest BCUT2D eigenvalue weighted by atomic mass is 10.0. The standard InChI is InChI=1S/C16H10O2S/c17-10-3-1-9-2-6-14-16(13(9)7-10)12-5-4-11(18)8-15(12)19-14/h1-8,17-18H. The molecular formula is C16H10O2S. The second-order valence-corrected chi connectivity index (χ2v) is 5.71. The molecule has 0 spiro atoms. The van der Waals surface area contributed by atoms with Gasteiger partial charge in [0.25, 0.3) is 0 Å². The molecule has 0 saturated heterocycles. The van der Waals surface area contributed by atoms with E-state index in [1.165, 1.54) is 4.70 Å². The van der Waals surface area contributed by atoms with Crippen molar-refractivity contribution in [2.45, 2.75) is 0 Å². The van der Waals surface area contributed by atoms with E-state index in [0.717, 1.165) is 26.2 Å². The maximum absolute atomic E-state index is 9.71. The lowest BCUT2D eigenvalue weighted by Crippen LogP contribution is -1.74. The summed E-state index contributed by atoms with van der Waals surface area (Å²) in [5.41, 5.74) is 0. The Morgan fingerprint density at radius 2 is 1.42 bits per heavy atom. The van der Waals surface area contributed by atoms with Crippen molar-refractivity contribution in [3.05, 3.63) is 48.5 Å². The Balaban J connectivity index is 2.30. The summed E-state index contributed by atoms with van der Waals surface area (Å²) in [6, 6.07) is 15.0. The first-order chi connectivity index (χ1) is 9.22. The maximum atomic E-state index is 9.71. The SMILES string of the molecule is Oc1ccc2c(c1)sc1ccc3ccc(O)cc3c12. The fourth-order valence-electron chi connectivity index (χ4n) is 2.57. The van der Waals surface area contributed by atoms with Gasteiger partial charge in [-0.15, -0.1) is 11.3 Å². The van der Waals surface area contributed by atoms with E-state index < -0.39 is 0 Å². The minimum absolute atomic E-state index is 0.276. The van der Waals surface area contributed by atoms with Crippen LogP contribution >= 0.6 is 11.3 Å². The highest BCUT2D eigenvalue weighted by Gasteiger charge is 2.09. The number of phenolic OH excluding ortho intramolecular Hbond substituents is 2. The quantitative estimate of drug-likeness (QED) is 0.487. The molecule has 2 N–H and O–H groups in total. The molecule has 0 aliphatic rings. The molecule has 2 nitrogen and oxygen atoms in total. The topological polar surface area (TPSA) is 40.5 Å². The van der Waals surface area contributed by atoms with Crippen LogP contribution < -0.4 is 0 Å². The molecule has 0 radical (unpaired) electrons. The highest BCUT2D eigenvalue weighted by molar-refractivity contribution is 7.26. The molecule has 19 heavy (non-hydrogen) atoms. The van der Waals surface area contributed by atoms with E-state index in [-0.39, 0.29) is 11.5 Å². The van der Waals surface area contributed by atoms with E-state index >= 15 is 0 Å². The van der Waals surface area contributed by atoms with E-state index in [1.807, 2.05) is 12.1 Å². The smallest absolute Gasteiger partial charge is 0.117 e. The third kappa shape index (κ3) is 1.48. The third-order valence-electron chi connectivity index (χ3n) is 3.42. The van der Waals surface area contributed by atoms with Gasteiger partial charge in [-0.25, -0.2) is 0 Å². The molecule has 0 bridgehead atoms. The molecule has 0 atom stereocenters. The molecule has 0 aliphatic heterocycles. The summed E-state index contributed by atoms with van der Waals surface area (Å²) in [5.74, 6) is 0.560. The number of phenols is 2. The zero-order chi connectivity index (χ0) is 13.0. The average molecular weight is 266 g/mol. The van der Waals surface area contributed by atoms with Gasteiger partial charge in [-0.3, -0.25) is 0 Å². The van der Waals surface area contributed by atoms with E-state index in [2.05, 4.69) is 12.1 Å². The number of fused-ring (bicyclic) bond motifs is 5. The largest absolute Gasteiger partial charge is 0.508 e. The van der Waals surface area contributed by atoms with Crippen molar-refractivity contribution >= 4 is 42.3 Å². The highest BCUT2D eigenvalue weighted by Crippen LogP contribution is 2.40. The maximum Gasteiger partial charge on any atom is 0.117 e. The zero-order valence-corrected chi connectivity index (χ0v) is 10.7. The second kappa shape index (κ2) is 3.62. The summed E-state index contributed by atoms with van der Waals surface area (Å²) in [6.45, 7) is 0. The van der Waals surface area contributed by atoms with Gasteiger partial charge in [-0.2, -0.15) is 0 Å². The van der Waals surface area contributed by atoms with Crippen molar-refractivity contribution in [2.75, 3.05) is 0 Å². The van der Waals surface area contributed by atoms with Crippen LogP contribution in [-0.2, 0) is 0 Å². The molecule has 3 heteroatoms. The Hall–Kier alpha value is -2.26. The second-order valence-electron chi connectivity index (χ2n) is 4.63. The monoisotopic (exact) mass is 266 g/mol. The molecule has 1 heterocycles. The van der Waals surface area contributed by atoms with Gasteiger partial charge in [0.2, 0.25) is 0 Å². The van der Waals surface area contributed by atoms with Gasteiger partial charge in [0.05, 0.1) is 0 Å². The Kier molecular flexibility index (Phi) is 2.03. The molecule has 0 unspecified atom stereocenters. The van der Waals surface area contributed by atoms with Gasteiger partial charge in [0.15, 0.2) is 0 Å². The summed E-state index contributed by atoms with van der Waals surface area (Å²) >= 11 is 1.65. The van der Waals surface area contributed by atoms with Crippen LogP contribution in [0.2, 0.25) is 0 Å². The van der Waals surface area contributed by atoms with Gasteiger partial charge in [-0.1, -0.05) is 12.1 Å². The summed E-state index contributed by atoms with van der Waals surface area (Å²) in [5, 5.41) is 23.7. The predicted octanol–water partition coefficient (Wildman–Crippen LogP) is 4.62. The van der Waals surface area contributed by atoms with Gasteiger partial charge in [-0.05, 0) is 47.2 Å². The van der Waals surface area contributed by atoms with Crippen LogP contribution in [0.1, 0.15) is 0 Å². The van der Waals surface area contributed by atoms with Crippen LogP contribution in [0.15, 0.2) is 48.5 Å². The van der Waals surface area contributed by atoms with Gasteiger partial charge >= 0.3 is 0 Å². The van der Waals surface area contributed by atoms with E-state index in [4.69, 9.17) is 0 Å². The predicted molar refractivity (Wildman–Crippen MR) is 80.2 cm³/mol. The Morgan fingerprint density at radius 1 is 0.684 bits per heavy atom. The lowest BCUT2D eigenvalue weighted by molar-refractivity contribution is 0.475. The third-order valence-corrected chi connectivity index (χ3v) is 4.54. The number of hydrogen-bond donors (Lipinski definition) is 2.